The lowest BCUT2D eigenvalue weighted by Crippen LogP contribution is -2.03. The summed E-state index contributed by atoms with van der Waals surface area (Å²) in [5.41, 5.74) is 7.24. The van der Waals surface area contributed by atoms with Crippen LogP contribution in [0.2, 0.25) is 0 Å². The largest absolute Gasteiger partial charge is 0.493 e. The van der Waals surface area contributed by atoms with E-state index in [1.54, 1.807) is 56.9 Å². The third kappa shape index (κ3) is 4.16. The molecular formula is C32H32O8. The first-order chi connectivity index (χ1) is 19.5. The molecule has 8 heteroatoms. The molecule has 8 nitrogen and oxygen atoms in total. The van der Waals surface area contributed by atoms with E-state index in [0.717, 1.165) is 44.5 Å². The molecule has 5 rings (SSSR count). The van der Waals surface area contributed by atoms with E-state index in [9.17, 15) is 0 Å². The summed E-state index contributed by atoms with van der Waals surface area (Å²) in [5.74, 6) is 4.76. The van der Waals surface area contributed by atoms with Crippen molar-refractivity contribution in [1.82, 2.24) is 0 Å². The molecule has 0 saturated heterocycles. The molecule has 0 spiro atoms. The zero-order chi connectivity index (χ0) is 28.6. The molecule has 0 saturated carbocycles. The van der Waals surface area contributed by atoms with E-state index in [-0.39, 0.29) is 0 Å². The van der Waals surface area contributed by atoms with Crippen LogP contribution >= 0.6 is 0 Å². The number of benzene rings is 4. The molecule has 0 aliphatic heterocycles. The van der Waals surface area contributed by atoms with Gasteiger partial charge in [0.05, 0.1) is 56.9 Å². The molecule has 208 valence electrons. The molecule has 0 radical (unpaired) electrons. The van der Waals surface area contributed by atoms with Crippen molar-refractivity contribution in [2.45, 2.75) is 0 Å². The van der Waals surface area contributed by atoms with Gasteiger partial charge in [-0.15, -0.1) is 0 Å². The molecule has 40 heavy (non-hydrogen) atoms. The lowest BCUT2D eigenvalue weighted by molar-refractivity contribution is 0.354. The molecule has 4 aromatic carbocycles. The van der Waals surface area contributed by atoms with Crippen LogP contribution in [0, 0.1) is 0 Å². The maximum absolute atomic E-state index is 5.73. The number of ether oxygens (including phenoxy) is 8. The Morgan fingerprint density at radius 3 is 0.400 bits per heavy atom. The average molecular weight is 545 g/mol. The van der Waals surface area contributed by atoms with E-state index in [2.05, 4.69) is 0 Å². The van der Waals surface area contributed by atoms with Crippen LogP contribution in [0.25, 0.3) is 44.5 Å². The molecular weight excluding hydrogens is 512 g/mol. The van der Waals surface area contributed by atoms with E-state index in [1.165, 1.54) is 0 Å². The van der Waals surface area contributed by atoms with Gasteiger partial charge in [0.15, 0.2) is 46.0 Å². The van der Waals surface area contributed by atoms with Gasteiger partial charge in [0.2, 0.25) is 0 Å². The van der Waals surface area contributed by atoms with Crippen molar-refractivity contribution in [3.05, 3.63) is 48.5 Å². The highest BCUT2D eigenvalue weighted by Crippen LogP contribution is 2.55. The molecule has 0 aromatic heterocycles. The predicted molar refractivity (Wildman–Crippen MR) is 154 cm³/mol. The third-order valence-corrected chi connectivity index (χ3v) is 7.26. The van der Waals surface area contributed by atoms with E-state index in [0.29, 0.717) is 46.0 Å². The molecule has 0 bridgehead atoms. The molecule has 0 N–H and O–H groups in total. The Kier molecular flexibility index (Phi) is 7.26. The van der Waals surface area contributed by atoms with Crippen molar-refractivity contribution in [3.8, 4) is 90.5 Å². The van der Waals surface area contributed by atoms with Gasteiger partial charge >= 0.3 is 0 Å². The molecule has 0 heterocycles. The minimum Gasteiger partial charge on any atom is -0.493 e. The Bertz CT molecular complexity index is 1210. The normalized spacial score (nSPS) is 11.0. The topological polar surface area (TPSA) is 73.8 Å². The summed E-state index contributed by atoms with van der Waals surface area (Å²) in [6.45, 7) is 0. The Balaban J connectivity index is 2.05. The second kappa shape index (κ2) is 10.8. The first-order valence-corrected chi connectivity index (χ1v) is 12.5. The summed E-state index contributed by atoms with van der Waals surface area (Å²) in [5, 5.41) is 0. The van der Waals surface area contributed by atoms with Crippen molar-refractivity contribution < 1.29 is 37.9 Å². The van der Waals surface area contributed by atoms with E-state index >= 15 is 0 Å². The van der Waals surface area contributed by atoms with Crippen LogP contribution in [0.15, 0.2) is 48.5 Å². The highest BCUT2D eigenvalue weighted by atomic mass is 16.5. The summed E-state index contributed by atoms with van der Waals surface area (Å²) >= 11 is 0. The fraction of sp³-hybridized carbons (Fsp3) is 0.250. The van der Waals surface area contributed by atoms with Crippen LogP contribution in [0.4, 0.5) is 0 Å². The lowest BCUT2D eigenvalue weighted by Gasteiger charge is -2.27. The maximum Gasteiger partial charge on any atom is 0.161 e. The number of methoxy groups -OCH3 is 8. The van der Waals surface area contributed by atoms with Crippen LogP contribution in [-0.2, 0) is 0 Å². The van der Waals surface area contributed by atoms with E-state index < -0.39 is 0 Å². The lowest BCUT2D eigenvalue weighted by atomic mass is 9.80. The van der Waals surface area contributed by atoms with E-state index in [1.807, 2.05) is 48.5 Å². The monoisotopic (exact) mass is 544 g/mol. The van der Waals surface area contributed by atoms with Crippen molar-refractivity contribution in [2.24, 2.45) is 0 Å². The van der Waals surface area contributed by atoms with Crippen molar-refractivity contribution >= 4 is 0 Å². The zero-order valence-corrected chi connectivity index (χ0v) is 23.9. The molecule has 0 amide bonds. The van der Waals surface area contributed by atoms with Crippen molar-refractivity contribution in [1.29, 1.82) is 0 Å². The van der Waals surface area contributed by atoms with Gasteiger partial charge in [-0.1, -0.05) is 0 Å². The van der Waals surface area contributed by atoms with Gasteiger partial charge in [0.1, 0.15) is 0 Å². The number of rotatable bonds is 8. The number of hydrogen-bond acceptors (Lipinski definition) is 8. The predicted octanol–water partition coefficient (Wildman–Crippen LogP) is 6.74. The summed E-state index contributed by atoms with van der Waals surface area (Å²) in [6.07, 6.45) is 0. The minimum absolute atomic E-state index is 0.595. The molecule has 0 atom stereocenters. The Morgan fingerprint density at radius 2 is 0.325 bits per heavy atom. The fourth-order valence-electron chi connectivity index (χ4n) is 5.30. The second-order valence-electron chi connectivity index (χ2n) is 9.01. The van der Waals surface area contributed by atoms with E-state index in [4.69, 9.17) is 37.9 Å². The maximum atomic E-state index is 5.73. The summed E-state index contributed by atoms with van der Waals surface area (Å²) in [7, 11) is 13.0. The standard InChI is InChI=1S/C32H32O8/c1-33-25-9-17-18(10-26(25)34-2)20-12-28(36-4)30(38-6)14-22(20)24-16-32(40-8)31(39-7)15-23(24)21-13-29(37-5)27(35-3)11-19(17)21/h9-16H,1-8H3. The second-order valence-corrected chi connectivity index (χ2v) is 9.01. The fourth-order valence-corrected chi connectivity index (χ4v) is 5.30. The van der Waals surface area contributed by atoms with Gasteiger partial charge in [-0.25, -0.2) is 0 Å². The smallest absolute Gasteiger partial charge is 0.161 e. The van der Waals surface area contributed by atoms with Gasteiger partial charge in [-0.05, 0) is 93.0 Å². The molecule has 0 fully saturated rings. The molecule has 1 aliphatic carbocycles. The Morgan fingerprint density at radius 1 is 0.225 bits per heavy atom. The highest BCUT2D eigenvalue weighted by Gasteiger charge is 2.29. The van der Waals surface area contributed by atoms with Crippen molar-refractivity contribution in [2.75, 3.05) is 56.9 Å². The Hall–Kier alpha value is -4.72. The number of hydrogen-bond donors (Lipinski definition) is 0. The SMILES string of the molecule is COc1cc2c(cc1OC)-c1cc(OC)c(OC)cc1-c1cc(OC)c(OC)cc1-c1cc(OC)c(OC)cc1-2. The van der Waals surface area contributed by atoms with Crippen LogP contribution in [0.1, 0.15) is 0 Å². The minimum atomic E-state index is 0.595. The summed E-state index contributed by atoms with van der Waals surface area (Å²) in [4.78, 5) is 0. The van der Waals surface area contributed by atoms with Crippen LogP contribution in [0.3, 0.4) is 0 Å². The van der Waals surface area contributed by atoms with Crippen molar-refractivity contribution in [3.63, 3.8) is 0 Å². The zero-order valence-electron chi connectivity index (χ0n) is 23.9. The van der Waals surface area contributed by atoms with Crippen LogP contribution < -0.4 is 37.9 Å². The Labute approximate surface area is 233 Å². The van der Waals surface area contributed by atoms with Gasteiger partial charge in [-0.3, -0.25) is 0 Å². The quantitative estimate of drug-likeness (QED) is 0.213. The van der Waals surface area contributed by atoms with Gasteiger partial charge < -0.3 is 37.9 Å². The highest BCUT2D eigenvalue weighted by molar-refractivity contribution is 6.05. The third-order valence-electron chi connectivity index (χ3n) is 7.26. The number of fused-ring (bicyclic) bond motifs is 8. The van der Waals surface area contributed by atoms with Gasteiger partial charge in [-0.2, -0.15) is 0 Å². The van der Waals surface area contributed by atoms with Gasteiger partial charge in [0.25, 0.3) is 0 Å². The average Bonchev–Trinajstić information content (AvgIpc) is 3.01. The summed E-state index contributed by atoms with van der Waals surface area (Å²) in [6, 6.07) is 15.8. The van der Waals surface area contributed by atoms with Crippen LogP contribution in [-0.4, -0.2) is 56.9 Å². The first kappa shape index (κ1) is 26.9. The van der Waals surface area contributed by atoms with Crippen LogP contribution in [0.5, 0.6) is 46.0 Å². The molecule has 1 aliphatic rings. The molecule has 0 unspecified atom stereocenters. The summed E-state index contributed by atoms with van der Waals surface area (Å²) < 4.78 is 45.9. The first-order valence-electron chi connectivity index (χ1n) is 12.5. The van der Waals surface area contributed by atoms with Gasteiger partial charge in [0, 0.05) is 0 Å². The molecule has 4 aromatic rings.